The van der Waals surface area contributed by atoms with Crippen LogP contribution >= 0.6 is 0 Å². The lowest BCUT2D eigenvalue weighted by Crippen LogP contribution is -2.23. The minimum Gasteiger partial charge on any atom is -0.349 e. The van der Waals surface area contributed by atoms with Crippen molar-refractivity contribution >= 4 is 5.91 Å². The van der Waals surface area contributed by atoms with Crippen LogP contribution < -0.4 is 0 Å². The van der Waals surface area contributed by atoms with Crippen LogP contribution in [-0.2, 0) is 4.79 Å². The van der Waals surface area contributed by atoms with E-state index < -0.39 is 0 Å². The Bertz CT molecular complexity index is 220. The lowest BCUT2D eigenvalue weighted by Gasteiger charge is -2.08. The van der Waals surface area contributed by atoms with Gasteiger partial charge in [0.2, 0.25) is 5.91 Å². The van der Waals surface area contributed by atoms with Crippen LogP contribution in [0.1, 0.15) is 32.6 Å². The van der Waals surface area contributed by atoms with Gasteiger partial charge in [0, 0.05) is 20.0 Å². The van der Waals surface area contributed by atoms with Crippen molar-refractivity contribution in [3.63, 3.8) is 0 Å². The lowest BCUT2D eigenvalue weighted by atomic mass is 10.1. The monoisotopic (exact) mass is 195 g/mol. The van der Waals surface area contributed by atoms with Gasteiger partial charge in [-0.15, -0.1) is 0 Å². The summed E-state index contributed by atoms with van der Waals surface area (Å²) in [6.07, 6.45) is 8.97. The molecule has 0 saturated heterocycles. The van der Waals surface area contributed by atoms with Crippen LogP contribution in [0.15, 0.2) is 12.2 Å². The molecule has 2 atom stereocenters. The van der Waals surface area contributed by atoms with Crippen LogP contribution in [0.4, 0.5) is 0 Å². The molecule has 0 spiro atoms. The SMILES string of the molecule is CC/C=C\CCC1CC1C(=O)N(C)C. The molecule has 1 amide bonds. The third-order valence-electron chi connectivity index (χ3n) is 2.79. The van der Waals surface area contributed by atoms with Gasteiger partial charge in [0.1, 0.15) is 0 Å². The molecule has 0 radical (unpaired) electrons. The van der Waals surface area contributed by atoms with Crippen molar-refractivity contribution in [2.75, 3.05) is 14.1 Å². The topological polar surface area (TPSA) is 20.3 Å². The molecule has 0 aromatic rings. The van der Waals surface area contributed by atoms with E-state index in [4.69, 9.17) is 0 Å². The third kappa shape index (κ3) is 3.17. The molecule has 14 heavy (non-hydrogen) atoms. The van der Waals surface area contributed by atoms with Gasteiger partial charge in [-0.3, -0.25) is 4.79 Å². The predicted octanol–water partition coefficient (Wildman–Crippen LogP) is 2.46. The molecule has 0 bridgehead atoms. The molecule has 0 heterocycles. The van der Waals surface area contributed by atoms with Gasteiger partial charge < -0.3 is 4.90 Å². The quantitative estimate of drug-likeness (QED) is 0.617. The van der Waals surface area contributed by atoms with E-state index >= 15 is 0 Å². The standard InChI is InChI=1S/C12H21NO/c1-4-5-6-7-8-10-9-11(10)12(14)13(2)3/h5-6,10-11H,4,7-9H2,1-3H3/b6-5-. The van der Waals surface area contributed by atoms with Crippen LogP contribution in [0.2, 0.25) is 0 Å². The largest absolute Gasteiger partial charge is 0.349 e. The number of nitrogens with zero attached hydrogens (tertiary/aromatic N) is 1. The summed E-state index contributed by atoms with van der Waals surface area (Å²) in [4.78, 5) is 13.2. The molecule has 2 heteroatoms. The Morgan fingerprint density at radius 1 is 1.43 bits per heavy atom. The molecule has 0 aliphatic heterocycles. The fraction of sp³-hybridized carbons (Fsp3) is 0.750. The summed E-state index contributed by atoms with van der Waals surface area (Å²) in [7, 11) is 3.68. The first kappa shape index (κ1) is 11.3. The van der Waals surface area contributed by atoms with Gasteiger partial charge in [-0.05, 0) is 31.6 Å². The molecular formula is C12H21NO. The highest BCUT2D eigenvalue weighted by atomic mass is 16.2. The average Bonchev–Trinajstić information content (AvgIpc) is 2.90. The summed E-state index contributed by atoms with van der Waals surface area (Å²) in [6, 6.07) is 0. The van der Waals surface area contributed by atoms with E-state index in [1.54, 1.807) is 4.90 Å². The minimum atomic E-state index is 0.314. The van der Waals surface area contributed by atoms with Gasteiger partial charge in [0.15, 0.2) is 0 Å². The minimum absolute atomic E-state index is 0.314. The molecule has 1 rings (SSSR count). The van der Waals surface area contributed by atoms with Gasteiger partial charge in [-0.25, -0.2) is 0 Å². The zero-order chi connectivity index (χ0) is 10.6. The first-order chi connectivity index (χ1) is 6.66. The fourth-order valence-electron chi connectivity index (χ4n) is 1.80. The first-order valence-corrected chi connectivity index (χ1v) is 5.53. The molecule has 80 valence electrons. The molecule has 1 fully saturated rings. The summed E-state index contributed by atoms with van der Waals surface area (Å²) < 4.78 is 0. The fourth-order valence-corrected chi connectivity index (χ4v) is 1.80. The van der Waals surface area contributed by atoms with Crippen LogP contribution in [0, 0.1) is 11.8 Å². The van der Waals surface area contributed by atoms with Crippen molar-refractivity contribution in [2.45, 2.75) is 32.6 Å². The van der Waals surface area contributed by atoms with Gasteiger partial charge in [0.25, 0.3) is 0 Å². The highest BCUT2D eigenvalue weighted by Crippen LogP contribution is 2.43. The molecule has 0 aromatic carbocycles. The van der Waals surface area contributed by atoms with Gasteiger partial charge in [0.05, 0.1) is 0 Å². The molecule has 0 aromatic heterocycles. The number of carbonyl (C=O) groups excluding carboxylic acids is 1. The van der Waals surface area contributed by atoms with Crippen LogP contribution in [0.5, 0.6) is 0 Å². The smallest absolute Gasteiger partial charge is 0.225 e. The molecule has 0 N–H and O–H groups in total. The van der Waals surface area contributed by atoms with Crippen molar-refractivity contribution in [3.8, 4) is 0 Å². The van der Waals surface area contributed by atoms with Crippen molar-refractivity contribution in [2.24, 2.45) is 11.8 Å². The number of amides is 1. The number of hydrogen-bond acceptors (Lipinski definition) is 1. The van der Waals surface area contributed by atoms with E-state index in [2.05, 4.69) is 19.1 Å². The van der Waals surface area contributed by atoms with E-state index in [1.807, 2.05) is 14.1 Å². The van der Waals surface area contributed by atoms with E-state index in [1.165, 1.54) is 6.42 Å². The van der Waals surface area contributed by atoms with Crippen LogP contribution in [0.25, 0.3) is 0 Å². The number of allylic oxidation sites excluding steroid dienone is 2. The molecule has 2 unspecified atom stereocenters. The van der Waals surface area contributed by atoms with Gasteiger partial charge >= 0.3 is 0 Å². The number of hydrogen-bond donors (Lipinski definition) is 0. The second kappa shape index (κ2) is 5.18. The van der Waals surface area contributed by atoms with E-state index in [0.29, 0.717) is 17.7 Å². The molecular weight excluding hydrogens is 174 g/mol. The maximum atomic E-state index is 11.5. The molecule has 1 saturated carbocycles. The van der Waals surface area contributed by atoms with E-state index in [-0.39, 0.29) is 0 Å². The Kier molecular flexibility index (Phi) is 4.18. The van der Waals surface area contributed by atoms with Crippen molar-refractivity contribution in [3.05, 3.63) is 12.2 Å². The normalized spacial score (nSPS) is 25.4. The second-order valence-corrected chi connectivity index (χ2v) is 4.29. The molecule has 2 nitrogen and oxygen atoms in total. The zero-order valence-electron chi connectivity index (χ0n) is 9.49. The summed E-state index contributed by atoms with van der Waals surface area (Å²) >= 11 is 0. The molecule has 1 aliphatic rings. The summed E-state index contributed by atoms with van der Waals surface area (Å²) in [5.41, 5.74) is 0. The summed E-state index contributed by atoms with van der Waals surface area (Å²) in [5.74, 6) is 1.31. The Morgan fingerprint density at radius 3 is 2.71 bits per heavy atom. The maximum absolute atomic E-state index is 11.5. The second-order valence-electron chi connectivity index (χ2n) is 4.29. The summed E-state index contributed by atoms with van der Waals surface area (Å²) in [6.45, 7) is 2.14. The number of rotatable bonds is 5. The Hall–Kier alpha value is -0.790. The predicted molar refractivity (Wildman–Crippen MR) is 59.0 cm³/mol. The maximum Gasteiger partial charge on any atom is 0.225 e. The Morgan fingerprint density at radius 2 is 2.14 bits per heavy atom. The van der Waals surface area contributed by atoms with E-state index in [9.17, 15) is 4.79 Å². The Labute approximate surface area is 87.0 Å². The Balaban J connectivity index is 2.14. The van der Waals surface area contributed by atoms with Crippen molar-refractivity contribution in [1.82, 2.24) is 4.90 Å². The first-order valence-electron chi connectivity index (χ1n) is 5.53. The van der Waals surface area contributed by atoms with Gasteiger partial charge in [-0.2, -0.15) is 0 Å². The highest BCUT2D eigenvalue weighted by molar-refractivity contribution is 5.81. The number of carbonyl (C=O) groups is 1. The van der Waals surface area contributed by atoms with Crippen molar-refractivity contribution < 1.29 is 4.79 Å². The van der Waals surface area contributed by atoms with Gasteiger partial charge in [-0.1, -0.05) is 19.1 Å². The third-order valence-corrected chi connectivity index (χ3v) is 2.79. The van der Waals surface area contributed by atoms with Crippen LogP contribution in [0.3, 0.4) is 0 Å². The van der Waals surface area contributed by atoms with Crippen LogP contribution in [-0.4, -0.2) is 24.9 Å². The van der Waals surface area contributed by atoms with Crippen molar-refractivity contribution in [1.29, 1.82) is 0 Å². The highest BCUT2D eigenvalue weighted by Gasteiger charge is 2.42. The zero-order valence-corrected chi connectivity index (χ0v) is 9.49. The average molecular weight is 195 g/mol. The van der Waals surface area contributed by atoms with E-state index in [0.717, 1.165) is 19.3 Å². The lowest BCUT2D eigenvalue weighted by molar-refractivity contribution is -0.130. The summed E-state index contributed by atoms with van der Waals surface area (Å²) in [5, 5.41) is 0. The molecule has 1 aliphatic carbocycles.